The summed E-state index contributed by atoms with van der Waals surface area (Å²) in [7, 11) is 0. The molecule has 1 atom stereocenters. The van der Waals surface area contributed by atoms with E-state index in [9.17, 15) is 4.39 Å². The van der Waals surface area contributed by atoms with Gasteiger partial charge in [0, 0.05) is 23.4 Å². The fraction of sp³-hybridized carbons (Fsp3) is 0.300. The minimum absolute atomic E-state index is 0.0647. The molecule has 4 heterocycles. The van der Waals surface area contributed by atoms with Crippen LogP contribution >= 0.6 is 15.9 Å². The summed E-state index contributed by atoms with van der Waals surface area (Å²) >= 11 is 3.23. The number of rotatable bonds is 0. The van der Waals surface area contributed by atoms with Crippen LogP contribution < -0.4 is 10.5 Å². The Morgan fingerprint density at radius 2 is 2.04 bits per heavy atom. The first-order valence-electron chi connectivity index (χ1n) is 8.66. The summed E-state index contributed by atoms with van der Waals surface area (Å²) in [5.74, 6) is 6.63. The molecule has 6 nitrogen and oxygen atoms in total. The topological polar surface area (TPSA) is 79.0 Å². The lowest BCUT2D eigenvalue weighted by Gasteiger charge is -2.33. The van der Waals surface area contributed by atoms with Crippen LogP contribution in [0, 0.1) is 23.1 Å². The van der Waals surface area contributed by atoms with Crippen molar-refractivity contribution in [3.8, 4) is 23.5 Å². The molecule has 1 saturated heterocycles. The van der Waals surface area contributed by atoms with Crippen LogP contribution in [0.25, 0.3) is 0 Å². The lowest BCUT2D eigenvalue weighted by atomic mass is 9.82. The maximum Gasteiger partial charge on any atom is 0.283 e. The van der Waals surface area contributed by atoms with Crippen LogP contribution in [-0.4, -0.2) is 30.8 Å². The SMILES string of the molecule is CC1(C#Cc2cnc3c(c2)C2(COC(N)=N2)c2cc(Br)c(F)cc2O3)COC1. The molecule has 1 fully saturated rings. The minimum Gasteiger partial charge on any atom is -0.462 e. The first-order chi connectivity index (χ1) is 13.4. The molecule has 1 unspecified atom stereocenters. The molecule has 2 N–H and O–H groups in total. The number of aliphatic imine (C=N–C) groups is 1. The smallest absolute Gasteiger partial charge is 0.283 e. The Labute approximate surface area is 169 Å². The lowest BCUT2D eigenvalue weighted by molar-refractivity contribution is -0.0648. The van der Waals surface area contributed by atoms with E-state index in [0.29, 0.717) is 40.4 Å². The summed E-state index contributed by atoms with van der Waals surface area (Å²) in [6, 6.07) is 4.89. The van der Waals surface area contributed by atoms with Crippen molar-refractivity contribution in [3.05, 3.63) is 51.4 Å². The number of nitrogens with two attached hydrogens (primary N) is 1. The molecule has 0 aliphatic carbocycles. The van der Waals surface area contributed by atoms with Gasteiger partial charge in [-0.05, 0) is 35.0 Å². The van der Waals surface area contributed by atoms with E-state index in [1.165, 1.54) is 6.07 Å². The molecule has 2 aromatic rings. The number of benzene rings is 1. The average Bonchev–Trinajstić information content (AvgIpc) is 3.03. The Balaban J connectivity index is 1.67. The van der Waals surface area contributed by atoms with E-state index in [0.717, 1.165) is 5.56 Å². The highest BCUT2D eigenvalue weighted by Gasteiger charge is 2.48. The zero-order chi connectivity index (χ0) is 19.5. The second-order valence-electron chi connectivity index (χ2n) is 7.34. The number of pyridine rings is 1. The fourth-order valence-corrected chi connectivity index (χ4v) is 3.84. The second-order valence-corrected chi connectivity index (χ2v) is 8.20. The van der Waals surface area contributed by atoms with E-state index in [-0.39, 0.29) is 18.0 Å². The number of fused-ring (bicyclic) bond motifs is 4. The van der Waals surface area contributed by atoms with E-state index in [4.69, 9.17) is 19.9 Å². The standard InChI is InChI=1S/C20H15BrFN3O3/c1-19(8-26-9-19)3-2-11-4-13-17(24-7-11)28-16-6-15(22)14(21)5-12(16)20(13)10-27-18(23)25-20/h4-7H,8-10H2,1H3,(H2,23,25). The van der Waals surface area contributed by atoms with Gasteiger partial charge in [-0.15, -0.1) is 0 Å². The Bertz CT molecular complexity index is 1100. The van der Waals surface area contributed by atoms with Crippen molar-refractivity contribution in [2.24, 2.45) is 16.1 Å². The van der Waals surface area contributed by atoms with Crippen molar-refractivity contribution in [1.82, 2.24) is 4.98 Å². The van der Waals surface area contributed by atoms with E-state index >= 15 is 0 Å². The Kier molecular flexibility index (Phi) is 3.70. The normalized spacial score (nSPS) is 23.3. The number of ether oxygens (including phenoxy) is 3. The van der Waals surface area contributed by atoms with Crippen LogP contribution in [-0.2, 0) is 15.0 Å². The van der Waals surface area contributed by atoms with Gasteiger partial charge in [-0.3, -0.25) is 0 Å². The van der Waals surface area contributed by atoms with Crippen molar-refractivity contribution in [2.45, 2.75) is 12.5 Å². The molecule has 0 bridgehead atoms. The number of nitrogens with zero attached hydrogens (tertiary/aromatic N) is 2. The van der Waals surface area contributed by atoms with Crippen LogP contribution in [0.4, 0.5) is 4.39 Å². The molecule has 0 saturated carbocycles. The van der Waals surface area contributed by atoms with Gasteiger partial charge in [0.25, 0.3) is 6.02 Å². The molecule has 28 heavy (non-hydrogen) atoms. The predicted molar refractivity (Wildman–Crippen MR) is 103 cm³/mol. The highest BCUT2D eigenvalue weighted by Crippen LogP contribution is 2.51. The molecule has 3 aliphatic rings. The van der Waals surface area contributed by atoms with Crippen LogP contribution in [0.1, 0.15) is 23.6 Å². The summed E-state index contributed by atoms with van der Waals surface area (Å²) in [6.07, 6.45) is 1.63. The molecule has 1 aromatic carbocycles. The van der Waals surface area contributed by atoms with Crippen LogP contribution in [0.2, 0.25) is 0 Å². The zero-order valence-corrected chi connectivity index (χ0v) is 16.5. The molecule has 0 radical (unpaired) electrons. The maximum atomic E-state index is 14.1. The number of aromatic nitrogens is 1. The number of halogens is 2. The van der Waals surface area contributed by atoms with Gasteiger partial charge in [0.05, 0.1) is 28.7 Å². The van der Waals surface area contributed by atoms with Crippen molar-refractivity contribution < 1.29 is 18.6 Å². The molecular formula is C20H15BrFN3O3. The van der Waals surface area contributed by atoms with Crippen molar-refractivity contribution in [1.29, 1.82) is 0 Å². The molecule has 0 amide bonds. The van der Waals surface area contributed by atoms with Crippen LogP contribution in [0.3, 0.4) is 0 Å². The maximum absolute atomic E-state index is 14.1. The van der Waals surface area contributed by atoms with Crippen molar-refractivity contribution >= 4 is 22.0 Å². The lowest BCUT2D eigenvalue weighted by Crippen LogP contribution is -2.38. The van der Waals surface area contributed by atoms with E-state index < -0.39 is 11.4 Å². The molecular weight excluding hydrogens is 429 g/mol. The van der Waals surface area contributed by atoms with E-state index in [1.54, 1.807) is 12.3 Å². The van der Waals surface area contributed by atoms with Gasteiger partial charge in [0.2, 0.25) is 5.88 Å². The molecule has 8 heteroatoms. The third-order valence-corrected chi connectivity index (χ3v) is 5.66. The predicted octanol–water partition coefficient (Wildman–Crippen LogP) is 3.07. The van der Waals surface area contributed by atoms with Crippen molar-refractivity contribution in [3.63, 3.8) is 0 Å². The molecule has 1 spiro atoms. The summed E-state index contributed by atoms with van der Waals surface area (Å²) in [4.78, 5) is 8.95. The monoisotopic (exact) mass is 443 g/mol. The first kappa shape index (κ1) is 17.5. The number of hydrogen-bond acceptors (Lipinski definition) is 6. The van der Waals surface area contributed by atoms with Gasteiger partial charge in [-0.2, -0.15) is 0 Å². The third kappa shape index (κ3) is 2.58. The highest BCUT2D eigenvalue weighted by molar-refractivity contribution is 9.10. The third-order valence-electron chi connectivity index (χ3n) is 5.05. The minimum atomic E-state index is -0.961. The Morgan fingerprint density at radius 1 is 1.21 bits per heavy atom. The fourth-order valence-electron chi connectivity index (χ4n) is 3.49. The summed E-state index contributed by atoms with van der Waals surface area (Å²) in [5.41, 5.74) is 6.80. The molecule has 142 valence electrons. The molecule has 3 aliphatic heterocycles. The van der Waals surface area contributed by atoms with E-state index in [1.807, 2.05) is 6.07 Å². The largest absolute Gasteiger partial charge is 0.462 e. The summed E-state index contributed by atoms with van der Waals surface area (Å²) in [5, 5.41) is 0. The highest BCUT2D eigenvalue weighted by atomic mass is 79.9. The second kappa shape index (κ2) is 5.93. The first-order valence-corrected chi connectivity index (χ1v) is 9.45. The van der Waals surface area contributed by atoms with Gasteiger partial charge in [0.1, 0.15) is 18.2 Å². The zero-order valence-electron chi connectivity index (χ0n) is 14.9. The van der Waals surface area contributed by atoms with Gasteiger partial charge in [-0.25, -0.2) is 14.4 Å². The number of hydrogen-bond donors (Lipinski definition) is 1. The van der Waals surface area contributed by atoms with Gasteiger partial charge >= 0.3 is 0 Å². The van der Waals surface area contributed by atoms with Crippen LogP contribution in [0.5, 0.6) is 11.6 Å². The summed E-state index contributed by atoms with van der Waals surface area (Å²) in [6.45, 7) is 3.46. The quantitative estimate of drug-likeness (QED) is 0.632. The average molecular weight is 444 g/mol. The van der Waals surface area contributed by atoms with Crippen molar-refractivity contribution in [2.75, 3.05) is 19.8 Å². The summed E-state index contributed by atoms with van der Waals surface area (Å²) < 4.78 is 31.0. The van der Waals surface area contributed by atoms with Gasteiger partial charge < -0.3 is 19.9 Å². The number of amidine groups is 1. The van der Waals surface area contributed by atoms with E-state index in [2.05, 4.69) is 44.7 Å². The van der Waals surface area contributed by atoms with Crippen LogP contribution in [0.15, 0.2) is 33.9 Å². The Hall–Kier alpha value is -2.63. The van der Waals surface area contributed by atoms with Gasteiger partial charge in [0.15, 0.2) is 5.54 Å². The molecule has 5 rings (SSSR count). The Morgan fingerprint density at radius 3 is 2.71 bits per heavy atom. The van der Waals surface area contributed by atoms with Gasteiger partial charge in [-0.1, -0.05) is 11.8 Å². The molecule has 1 aromatic heterocycles.